The van der Waals surface area contributed by atoms with E-state index in [9.17, 15) is 0 Å². The minimum Gasteiger partial charge on any atom is -0.313 e. The van der Waals surface area contributed by atoms with Crippen LogP contribution < -0.4 is 10.6 Å². The predicted octanol–water partition coefficient (Wildman–Crippen LogP) is 6.96. The van der Waals surface area contributed by atoms with Crippen molar-refractivity contribution in [2.75, 3.05) is 13.1 Å². The zero-order valence-electron chi connectivity index (χ0n) is 21.6. The second-order valence-corrected chi connectivity index (χ2v) is 16.4. The molecule has 0 radical (unpaired) electrons. The van der Waals surface area contributed by atoms with Gasteiger partial charge in [0.25, 0.3) is 0 Å². The molecule has 3 atom stereocenters. The Morgan fingerprint density at radius 2 is 1.42 bits per heavy atom. The summed E-state index contributed by atoms with van der Waals surface area (Å²) in [7, 11) is 3.22. The molecule has 2 aliphatic heterocycles. The Morgan fingerprint density at radius 3 is 1.79 bits per heavy atom. The van der Waals surface area contributed by atoms with E-state index in [0.29, 0.717) is 22.4 Å². The summed E-state index contributed by atoms with van der Waals surface area (Å²) >= 11 is 0. The summed E-state index contributed by atoms with van der Waals surface area (Å²) in [6.07, 6.45) is 6.43. The summed E-state index contributed by atoms with van der Waals surface area (Å²) in [5.74, 6) is 0. The van der Waals surface area contributed by atoms with Crippen molar-refractivity contribution in [1.82, 2.24) is 10.6 Å². The smallest absolute Gasteiger partial charge is 0.313 e. The normalized spacial score (nSPS) is 23.0. The molecule has 0 amide bonds. The molecule has 2 aromatic rings. The molecule has 2 aromatic carbocycles. The first-order valence-electron chi connectivity index (χ1n) is 12.5. The van der Waals surface area contributed by atoms with Gasteiger partial charge < -0.3 is 10.6 Å². The van der Waals surface area contributed by atoms with Gasteiger partial charge in [-0.05, 0) is 49.1 Å². The molecule has 2 saturated heterocycles. The molecule has 5 heteroatoms. The van der Waals surface area contributed by atoms with Crippen molar-refractivity contribution in [1.29, 1.82) is 0 Å². The van der Waals surface area contributed by atoms with E-state index < -0.39 is 0 Å². The van der Waals surface area contributed by atoms with Gasteiger partial charge in [-0.3, -0.25) is 0 Å². The monoisotopic (exact) mass is 528 g/mol. The maximum absolute atomic E-state index is 3.85. The molecule has 3 unspecified atom stereocenters. The molecular formula is C28H46FeN2P2. The fourth-order valence-corrected chi connectivity index (χ4v) is 10.2. The molecule has 2 nitrogen and oxygen atoms in total. The molecule has 2 N–H and O–H groups in total. The molecule has 0 spiro atoms. The molecule has 0 saturated carbocycles. The molecule has 0 aromatic heterocycles. The first-order valence-corrected chi connectivity index (χ1v) is 14.6. The van der Waals surface area contributed by atoms with Crippen LogP contribution in [0.25, 0.3) is 0 Å². The molecule has 33 heavy (non-hydrogen) atoms. The minimum absolute atomic E-state index is 0. The maximum atomic E-state index is 3.85. The largest absolute Gasteiger partial charge is 2.00 e. The third-order valence-electron chi connectivity index (χ3n) is 7.15. The fraction of sp³-hybridized carbons (Fsp3) is 0.643. The van der Waals surface area contributed by atoms with E-state index in [1.54, 1.807) is 11.1 Å². The summed E-state index contributed by atoms with van der Waals surface area (Å²) in [5, 5.41) is 8.54. The first kappa shape index (κ1) is 29.2. The molecule has 0 aliphatic carbocycles. The SMILES string of the molecule is CC(C)(C)P(Cc1cc[cH-]c1C(P)(C1CCCN1)C1CCCN1)C(C)(C)C.[Fe+2].c1cc[cH-]c1. The molecule has 2 fully saturated rings. The van der Waals surface area contributed by atoms with Gasteiger partial charge in [-0.25, -0.2) is 18.2 Å². The second-order valence-electron chi connectivity index (χ2n) is 11.6. The van der Waals surface area contributed by atoms with Crippen LogP contribution in [0, 0.1) is 0 Å². The van der Waals surface area contributed by atoms with Gasteiger partial charge in [0.1, 0.15) is 0 Å². The van der Waals surface area contributed by atoms with Gasteiger partial charge in [0.2, 0.25) is 0 Å². The van der Waals surface area contributed by atoms with Crippen LogP contribution in [0.5, 0.6) is 0 Å². The number of rotatable bonds is 5. The van der Waals surface area contributed by atoms with E-state index in [4.69, 9.17) is 0 Å². The summed E-state index contributed by atoms with van der Waals surface area (Å²) in [5.41, 5.74) is 3.19. The van der Waals surface area contributed by atoms with Crippen LogP contribution >= 0.6 is 17.2 Å². The summed E-state index contributed by atoms with van der Waals surface area (Å²) in [4.78, 5) is 0. The van der Waals surface area contributed by atoms with E-state index in [0.717, 1.165) is 0 Å². The van der Waals surface area contributed by atoms with E-state index in [2.05, 4.69) is 79.6 Å². The Labute approximate surface area is 218 Å². The van der Waals surface area contributed by atoms with Crippen molar-refractivity contribution in [3.63, 3.8) is 0 Å². The Balaban J connectivity index is 0.000000568. The van der Waals surface area contributed by atoms with Crippen molar-refractivity contribution in [2.24, 2.45) is 0 Å². The van der Waals surface area contributed by atoms with Gasteiger partial charge >= 0.3 is 17.1 Å². The average molecular weight is 528 g/mol. The topological polar surface area (TPSA) is 24.1 Å². The van der Waals surface area contributed by atoms with E-state index >= 15 is 0 Å². The number of nitrogens with one attached hydrogen (secondary N) is 2. The van der Waals surface area contributed by atoms with Crippen LogP contribution in [0.1, 0.15) is 78.4 Å². The van der Waals surface area contributed by atoms with E-state index in [-0.39, 0.29) is 30.1 Å². The van der Waals surface area contributed by atoms with E-state index in [1.165, 1.54) is 44.9 Å². The molecule has 4 rings (SSSR count). The van der Waals surface area contributed by atoms with Crippen LogP contribution in [0.15, 0.2) is 48.5 Å². The third kappa shape index (κ3) is 7.26. The van der Waals surface area contributed by atoms with Crippen LogP contribution in [0.2, 0.25) is 0 Å². The van der Waals surface area contributed by atoms with Gasteiger partial charge in [0, 0.05) is 17.2 Å². The Bertz CT molecular complexity index is 741. The van der Waals surface area contributed by atoms with Crippen LogP contribution in [-0.2, 0) is 28.4 Å². The van der Waals surface area contributed by atoms with Gasteiger partial charge in [-0.2, -0.15) is 41.5 Å². The summed E-state index contributed by atoms with van der Waals surface area (Å²) in [6.45, 7) is 17.0. The summed E-state index contributed by atoms with van der Waals surface area (Å²) < 4.78 is 0. The second kappa shape index (κ2) is 12.3. The zero-order chi connectivity index (χ0) is 23.4. The Hall–Kier alpha value is -0.000519. The molecule has 0 bridgehead atoms. The van der Waals surface area contributed by atoms with Crippen LogP contribution in [-0.4, -0.2) is 35.5 Å². The predicted molar refractivity (Wildman–Crippen MR) is 148 cm³/mol. The number of hydrogen-bond acceptors (Lipinski definition) is 2. The van der Waals surface area contributed by atoms with Gasteiger partial charge in [-0.1, -0.05) is 47.7 Å². The maximum Gasteiger partial charge on any atom is 2.00 e. The van der Waals surface area contributed by atoms with Crippen molar-refractivity contribution >= 4 is 17.2 Å². The zero-order valence-corrected chi connectivity index (χ0v) is 24.8. The molecule has 2 heterocycles. The van der Waals surface area contributed by atoms with Crippen molar-refractivity contribution in [3.8, 4) is 0 Å². The van der Waals surface area contributed by atoms with Crippen LogP contribution in [0.3, 0.4) is 0 Å². The van der Waals surface area contributed by atoms with Crippen molar-refractivity contribution in [3.05, 3.63) is 59.7 Å². The first-order chi connectivity index (χ1) is 15.0. The average Bonchev–Trinajstić information content (AvgIpc) is 3.51. The van der Waals surface area contributed by atoms with Gasteiger partial charge in [-0.15, -0.1) is 17.2 Å². The van der Waals surface area contributed by atoms with Crippen molar-refractivity contribution < 1.29 is 17.1 Å². The third-order valence-corrected chi connectivity index (χ3v) is 12.2. The van der Waals surface area contributed by atoms with Crippen LogP contribution in [0.4, 0.5) is 0 Å². The van der Waals surface area contributed by atoms with Crippen molar-refractivity contribution in [2.45, 2.75) is 101 Å². The Morgan fingerprint density at radius 1 is 0.909 bits per heavy atom. The molecule has 186 valence electrons. The van der Waals surface area contributed by atoms with Gasteiger partial charge in [0.15, 0.2) is 0 Å². The van der Waals surface area contributed by atoms with Gasteiger partial charge in [0.05, 0.1) is 0 Å². The fourth-order valence-electron chi connectivity index (χ4n) is 5.79. The Kier molecular flexibility index (Phi) is 10.9. The molecule has 2 aliphatic rings. The standard InChI is InChI=1S/C23H41N2P2.C5H5.Fe/c1-21(2,3)27(22(4,5)6)16-17-10-7-11-18(17)23(26,19-12-8-14-24-19)20-13-9-15-25-20;1-2-4-5-3-1;/h7,10-11,19-20,24-25H,8-9,12-16,26H2,1-6H3;1-5H;/q2*-1;+2. The summed E-state index contributed by atoms with van der Waals surface area (Å²) in [6, 6.07) is 18.3. The van der Waals surface area contributed by atoms with E-state index in [1.807, 2.05) is 30.3 Å². The molecular weight excluding hydrogens is 482 g/mol. The number of hydrogen-bond donors (Lipinski definition) is 2. The quantitative estimate of drug-likeness (QED) is 0.249. The minimum atomic E-state index is -0.131.